The van der Waals surface area contributed by atoms with Gasteiger partial charge < -0.3 is 4.98 Å². The van der Waals surface area contributed by atoms with Crippen molar-refractivity contribution in [3.8, 4) is 10.6 Å². The molecule has 0 radical (unpaired) electrons. The Morgan fingerprint density at radius 2 is 1.23 bits per heavy atom. The first-order valence-electron chi connectivity index (χ1n) is 10.1. The molecule has 0 aliphatic carbocycles. The number of aromatic amines is 1. The third kappa shape index (κ3) is 2.10. The lowest BCUT2D eigenvalue weighted by molar-refractivity contribution is 1.48. The molecule has 7 aromatic rings. The molecule has 0 atom stereocenters. The van der Waals surface area contributed by atoms with Crippen LogP contribution in [0.2, 0.25) is 0 Å². The molecule has 1 N–H and O–H groups in total. The number of hydrogen-bond acceptors (Lipinski definition) is 2. The fraction of sp³-hybridized carbons (Fsp3) is 0. The molecule has 0 amide bonds. The Bertz CT molecular complexity index is 1740. The van der Waals surface area contributed by atoms with Crippen LogP contribution in [0.25, 0.3) is 64.1 Å². The lowest BCUT2D eigenvalue weighted by Gasteiger charge is -2.06. The summed E-state index contributed by atoms with van der Waals surface area (Å²) in [5.41, 5.74) is 4.61. The van der Waals surface area contributed by atoms with Gasteiger partial charge in [-0.15, -0.1) is 11.3 Å². The van der Waals surface area contributed by atoms with E-state index in [0.717, 1.165) is 10.5 Å². The van der Waals surface area contributed by atoms with Crippen LogP contribution in [0.4, 0.5) is 0 Å². The topological polar surface area (TPSA) is 28.7 Å². The smallest absolute Gasteiger partial charge is 0.124 e. The van der Waals surface area contributed by atoms with Crippen LogP contribution in [-0.4, -0.2) is 9.97 Å². The standard InChI is InChI=1S/C27H16N2S/c1-2-8-16(9-3-1)27-28-22-15-14-21-23-19-12-6-4-10-17(19)18-11-5-7-13-20(18)24(23)29-25(21)26(22)30-27/h1-15,29H. The summed E-state index contributed by atoms with van der Waals surface area (Å²) in [5, 5.41) is 8.78. The van der Waals surface area contributed by atoms with Gasteiger partial charge in [0.15, 0.2) is 0 Å². The molecule has 140 valence electrons. The third-order valence-electron chi connectivity index (χ3n) is 6.03. The predicted octanol–water partition coefficient (Wildman–Crippen LogP) is 7.90. The van der Waals surface area contributed by atoms with Crippen molar-refractivity contribution in [2.24, 2.45) is 0 Å². The summed E-state index contributed by atoms with van der Waals surface area (Å²) in [6.45, 7) is 0. The highest BCUT2D eigenvalue weighted by atomic mass is 32.1. The van der Waals surface area contributed by atoms with Crippen LogP contribution in [0.5, 0.6) is 0 Å². The molecule has 0 unspecified atom stereocenters. The second-order valence-electron chi connectivity index (χ2n) is 7.69. The number of thiazole rings is 1. The van der Waals surface area contributed by atoms with E-state index < -0.39 is 0 Å². The van der Waals surface area contributed by atoms with Crippen molar-refractivity contribution in [3.05, 3.63) is 91.0 Å². The fourth-order valence-electron chi connectivity index (χ4n) is 4.70. The van der Waals surface area contributed by atoms with Crippen LogP contribution in [-0.2, 0) is 0 Å². The van der Waals surface area contributed by atoms with Gasteiger partial charge in [0.25, 0.3) is 0 Å². The van der Waals surface area contributed by atoms with Crippen LogP contribution in [0.15, 0.2) is 91.0 Å². The van der Waals surface area contributed by atoms with E-state index in [1.165, 1.54) is 53.6 Å². The molecule has 0 spiro atoms. The summed E-state index contributed by atoms with van der Waals surface area (Å²) in [6, 6.07) is 32.2. The Kier molecular flexibility index (Phi) is 3.18. The maximum absolute atomic E-state index is 4.93. The molecule has 2 heterocycles. The zero-order valence-corrected chi connectivity index (χ0v) is 16.8. The first kappa shape index (κ1) is 16.1. The lowest BCUT2D eigenvalue weighted by Crippen LogP contribution is -1.80. The molecule has 5 aromatic carbocycles. The average molecular weight is 401 g/mol. The number of nitrogens with zero attached hydrogens (tertiary/aromatic N) is 1. The van der Waals surface area contributed by atoms with Crippen molar-refractivity contribution >= 4 is 64.9 Å². The molecule has 0 bridgehead atoms. The van der Waals surface area contributed by atoms with Crippen molar-refractivity contribution in [1.82, 2.24) is 9.97 Å². The second kappa shape index (κ2) is 5.91. The van der Waals surface area contributed by atoms with Crippen molar-refractivity contribution in [2.75, 3.05) is 0 Å². The van der Waals surface area contributed by atoms with Gasteiger partial charge in [-0.3, -0.25) is 0 Å². The molecule has 0 fully saturated rings. The van der Waals surface area contributed by atoms with E-state index in [4.69, 9.17) is 4.98 Å². The minimum absolute atomic E-state index is 1.05. The van der Waals surface area contributed by atoms with Crippen LogP contribution >= 0.6 is 11.3 Å². The number of hydrogen-bond donors (Lipinski definition) is 1. The Morgan fingerprint density at radius 3 is 2.03 bits per heavy atom. The summed E-state index contributed by atoms with van der Waals surface area (Å²) in [4.78, 5) is 8.72. The maximum Gasteiger partial charge on any atom is 0.124 e. The highest BCUT2D eigenvalue weighted by Gasteiger charge is 2.17. The van der Waals surface area contributed by atoms with Crippen LogP contribution in [0.3, 0.4) is 0 Å². The van der Waals surface area contributed by atoms with Gasteiger partial charge in [0.1, 0.15) is 5.01 Å². The number of fused-ring (bicyclic) bond motifs is 10. The van der Waals surface area contributed by atoms with Crippen molar-refractivity contribution < 1.29 is 0 Å². The highest BCUT2D eigenvalue weighted by molar-refractivity contribution is 7.22. The van der Waals surface area contributed by atoms with Crippen LogP contribution in [0.1, 0.15) is 0 Å². The number of aromatic nitrogens is 2. The Balaban J connectivity index is 1.68. The molecule has 0 aliphatic rings. The van der Waals surface area contributed by atoms with Gasteiger partial charge in [-0.2, -0.15) is 0 Å². The molecular weight excluding hydrogens is 384 g/mol. The summed E-state index contributed by atoms with van der Waals surface area (Å²) in [7, 11) is 0. The summed E-state index contributed by atoms with van der Waals surface area (Å²) >= 11 is 1.76. The SMILES string of the molecule is c1ccc(-c2nc3ccc4c([nH]c5c6ccccc6c6ccccc6c45)c3s2)cc1. The van der Waals surface area contributed by atoms with E-state index in [1.54, 1.807) is 11.3 Å². The first-order valence-corrected chi connectivity index (χ1v) is 10.9. The van der Waals surface area contributed by atoms with Gasteiger partial charge in [0.05, 0.1) is 21.3 Å². The maximum atomic E-state index is 4.93. The molecule has 0 saturated heterocycles. The van der Waals surface area contributed by atoms with Crippen LogP contribution < -0.4 is 0 Å². The monoisotopic (exact) mass is 400 g/mol. The molecule has 7 rings (SSSR count). The van der Waals surface area contributed by atoms with Crippen molar-refractivity contribution in [1.29, 1.82) is 0 Å². The lowest BCUT2D eigenvalue weighted by atomic mass is 9.97. The van der Waals surface area contributed by atoms with Gasteiger partial charge in [-0.25, -0.2) is 4.98 Å². The Labute approximate surface area is 176 Å². The molecular formula is C27H16N2S. The molecule has 3 heteroatoms. The first-order chi connectivity index (χ1) is 14.9. The second-order valence-corrected chi connectivity index (χ2v) is 8.69. The normalized spacial score (nSPS) is 12.0. The summed E-state index contributed by atoms with van der Waals surface area (Å²) in [5.74, 6) is 0. The van der Waals surface area contributed by atoms with Crippen molar-refractivity contribution in [3.63, 3.8) is 0 Å². The molecule has 0 aliphatic heterocycles. The van der Waals surface area contributed by atoms with E-state index in [2.05, 4.69) is 89.9 Å². The minimum Gasteiger partial charge on any atom is -0.353 e. The summed E-state index contributed by atoms with van der Waals surface area (Å²) < 4.78 is 1.22. The zero-order chi connectivity index (χ0) is 19.7. The number of benzene rings is 5. The highest BCUT2D eigenvalue weighted by Crippen LogP contribution is 2.42. The van der Waals surface area contributed by atoms with Gasteiger partial charge in [0, 0.05) is 21.7 Å². The number of H-pyrrole nitrogens is 1. The quantitative estimate of drug-likeness (QED) is 0.279. The van der Waals surface area contributed by atoms with E-state index in [9.17, 15) is 0 Å². The van der Waals surface area contributed by atoms with E-state index in [1.807, 2.05) is 6.07 Å². The Morgan fingerprint density at radius 1 is 0.567 bits per heavy atom. The van der Waals surface area contributed by atoms with Gasteiger partial charge in [-0.1, -0.05) is 78.9 Å². The fourth-order valence-corrected chi connectivity index (χ4v) is 5.78. The average Bonchev–Trinajstić information content (AvgIpc) is 3.42. The van der Waals surface area contributed by atoms with Gasteiger partial charge in [-0.05, 0) is 28.3 Å². The van der Waals surface area contributed by atoms with Gasteiger partial charge >= 0.3 is 0 Å². The molecule has 2 nitrogen and oxygen atoms in total. The van der Waals surface area contributed by atoms with E-state index >= 15 is 0 Å². The van der Waals surface area contributed by atoms with Crippen LogP contribution in [0, 0.1) is 0 Å². The zero-order valence-electron chi connectivity index (χ0n) is 16.0. The largest absolute Gasteiger partial charge is 0.353 e. The van der Waals surface area contributed by atoms with E-state index in [0.29, 0.717) is 0 Å². The number of rotatable bonds is 1. The van der Waals surface area contributed by atoms with Crippen molar-refractivity contribution in [2.45, 2.75) is 0 Å². The Hall–Kier alpha value is -3.69. The summed E-state index contributed by atoms with van der Waals surface area (Å²) in [6.07, 6.45) is 0. The minimum atomic E-state index is 1.05. The van der Waals surface area contributed by atoms with E-state index in [-0.39, 0.29) is 0 Å². The predicted molar refractivity (Wildman–Crippen MR) is 129 cm³/mol. The molecule has 0 saturated carbocycles. The molecule has 30 heavy (non-hydrogen) atoms. The number of nitrogens with one attached hydrogen (secondary N) is 1. The third-order valence-corrected chi connectivity index (χ3v) is 7.17. The van der Waals surface area contributed by atoms with Gasteiger partial charge in [0.2, 0.25) is 0 Å². The molecule has 2 aromatic heterocycles.